The second-order valence-corrected chi connectivity index (χ2v) is 11.1. The van der Waals surface area contributed by atoms with E-state index in [1.165, 1.54) is 68.4 Å². The highest BCUT2D eigenvalue weighted by molar-refractivity contribution is 6.31. The van der Waals surface area contributed by atoms with E-state index in [2.05, 4.69) is 6.92 Å². The first-order chi connectivity index (χ1) is 20.7. The Labute approximate surface area is 253 Å². The summed E-state index contributed by atoms with van der Waals surface area (Å²) in [6.45, 7) is 4.57. The summed E-state index contributed by atoms with van der Waals surface area (Å²) in [6, 6.07) is 15.1. The van der Waals surface area contributed by atoms with Gasteiger partial charge in [-0.2, -0.15) is 13.2 Å². The third kappa shape index (κ3) is 10.0. The molecule has 0 bridgehead atoms. The summed E-state index contributed by atoms with van der Waals surface area (Å²) < 4.78 is 45.5. The topological polar surface area (TPSA) is 66.8 Å². The smallest absolute Gasteiger partial charge is 0.416 e. The molecule has 3 aromatic carbocycles. The standard InChI is InChI=1S/C35H44F3NO4/c1-3-5-6-7-8-9-10-11-12-15-24-43-32-23-20-27(29-16-13-14-17-30(29)32)25-39(33(40)34(41)42)31(4-2)26-18-21-28(22-19-26)35(36,37)38/h13-14,16-23,31H,3-12,15,24-25H2,1-2H3,(H,41,42). The average Bonchev–Trinajstić information content (AvgIpc) is 2.99. The predicted molar refractivity (Wildman–Crippen MR) is 164 cm³/mol. The number of aliphatic carboxylic acids is 1. The van der Waals surface area contributed by atoms with E-state index in [-0.39, 0.29) is 6.54 Å². The number of carbonyl (C=O) groups excluding carboxylic acids is 1. The lowest BCUT2D eigenvalue weighted by molar-refractivity contribution is -0.157. The van der Waals surface area contributed by atoms with Gasteiger partial charge >= 0.3 is 18.1 Å². The van der Waals surface area contributed by atoms with E-state index < -0.39 is 29.7 Å². The predicted octanol–water partition coefficient (Wildman–Crippen LogP) is 9.72. The molecule has 0 aliphatic heterocycles. The molecule has 3 aromatic rings. The normalized spacial score (nSPS) is 12.3. The van der Waals surface area contributed by atoms with Gasteiger partial charge in [-0.05, 0) is 47.6 Å². The number of carboxylic acids is 1. The summed E-state index contributed by atoms with van der Waals surface area (Å²) in [5.41, 5.74) is 0.356. The number of carbonyl (C=O) groups is 2. The first-order valence-electron chi connectivity index (χ1n) is 15.5. The zero-order valence-electron chi connectivity index (χ0n) is 25.3. The molecule has 1 N–H and O–H groups in total. The Balaban J connectivity index is 1.70. The Morgan fingerprint density at radius 2 is 1.37 bits per heavy atom. The molecule has 0 spiro atoms. The summed E-state index contributed by atoms with van der Waals surface area (Å²) in [5.74, 6) is -2.01. The maximum absolute atomic E-state index is 13.1. The van der Waals surface area contributed by atoms with Crippen LogP contribution in [0.4, 0.5) is 13.2 Å². The van der Waals surface area contributed by atoms with E-state index in [1.54, 1.807) is 6.92 Å². The number of carboxylic acid groups (broad SMARTS) is 1. The van der Waals surface area contributed by atoms with Gasteiger partial charge in [-0.25, -0.2) is 4.79 Å². The molecule has 3 rings (SSSR count). The summed E-state index contributed by atoms with van der Waals surface area (Å²) in [6.07, 6.45) is 8.21. The first-order valence-corrected chi connectivity index (χ1v) is 15.5. The Kier molecular flexibility index (Phi) is 13.4. The summed E-state index contributed by atoms with van der Waals surface area (Å²) >= 11 is 0. The molecular formula is C35H44F3NO4. The molecule has 8 heteroatoms. The van der Waals surface area contributed by atoms with Crippen LogP contribution in [-0.2, 0) is 22.3 Å². The van der Waals surface area contributed by atoms with E-state index >= 15 is 0 Å². The van der Waals surface area contributed by atoms with Gasteiger partial charge < -0.3 is 14.7 Å². The van der Waals surface area contributed by atoms with E-state index in [1.807, 2.05) is 36.4 Å². The first kappa shape index (κ1) is 33.9. The van der Waals surface area contributed by atoms with Crippen molar-refractivity contribution in [1.29, 1.82) is 0 Å². The van der Waals surface area contributed by atoms with Crippen molar-refractivity contribution in [2.75, 3.05) is 6.61 Å². The lowest BCUT2D eigenvalue weighted by atomic mass is 9.98. The monoisotopic (exact) mass is 599 g/mol. The summed E-state index contributed by atoms with van der Waals surface area (Å²) in [4.78, 5) is 25.9. The third-order valence-corrected chi connectivity index (χ3v) is 7.90. The van der Waals surface area contributed by atoms with Gasteiger partial charge in [0, 0.05) is 11.9 Å². The van der Waals surface area contributed by atoms with Crippen LogP contribution in [0.3, 0.4) is 0 Å². The molecule has 1 atom stereocenters. The van der Waals surface area contributed by atoms with Crippen LogP contribution >= 0.6 is 0 Å². The molecule has 0 saturated heterocycles. The Bertz CT molecular complexity index is 1310. The molecule has 43 heavy (non-hydrogen) atoms. The molecule has 1 amide bonds. The van der Waals surface area contributed by atoms with E-state index in [9.17, 15) is 27.9 Å². The molecule has 0 heterocycles. The SMILES string of the molecule is CCCCCCCCCCCCOc1ccc(CN(C(=O)C(=O)O)C(CC)c2ccc(C(F)(F)F)cc2)c2ccccc12. The maximum Gasteiger partial charge on any atom is 0.416 e. The quantitative estimate of drug-likeness (QED) is 0.124. The van der Waals surface area contributed by atoms with Crippen molar-refractivity contribution < 1.29 is 32.6 Å². The van der Waals surface area contributed by atoms with Crippen LogP contribution in [0.25, 0.3) is 10.8 Å². The van der Waals surface area contributed by atoms with Crippen molar-refractivity contribution in [2.24, 2.45) is 0 Å². The fourth-order valence-electron chi connectivity index (χ4n) is 5.53. The van der Waals surface area contributed by atoms with Crippen LogP contribution < -0.4 is 4.74 Å². The summed E-state index contributed by atoms with van der Waals surface area (Å²) in [5, 5.41) is 11.3. The highest BCUT2D eigenvalue weighted by Crippen LogP contribution is 2.34. The number of hydrogen-bond acceptors (Lipinski definition) is 3. The van der Waals surface area contributed by atoms with Crippen LogP contribution in [0.5, 0.6) is 5.75 Å². The van der Waals surface area contributed by atoms with Gasteiger partial charge in [0.25, 0.3) is 0 Å². The fourth-order valence-corrected chi connectivity index (χ4v) is 5.53. The van der Waals surface area contributed by atoms with Crippen LogP contribution in [0.15, 0.2) is 60.7 Å². The second-order valence-electron chi connectivity index (χ2n) is 11.1. The van der Waals surface area contributed by atoms with Gasteiger partial charge in [-0.15, -0.1) is 0 Å². The van der Waals surface area contributed by atoms with Gasteiger partial charge in [-0.1, -0.05) is 114 Å². The van der Waals surface area contributed by atoms with Crippen molar-refractivity contribution in [1.82, 2.24) is 4.90 Å². The number of fused-ring (bicyclic) bond motifs is 1. The van der Waals surface area contributed by atoms with E-state index in [4.69, 9.17) is 4.74 Å². The molecule has 0 aromatic heterocycles. The minimum absolute atomic E-state index is 0.0239. The number of ether oxygens (including phenoxy) is 1. The van der Waals surface area contributed by atoms with Gasteiger partial charge in [0.15, 0.2) is 0 Å². The fraction of sp³-hybridized carbons (Fsp3) is 0.486. The number of rotatable bonds is 17. The van der Waals surface area contributed by atoms with Gasteiger partial charge in [0.2, 0.25) is 0 Å². The van der Waals surface area contributed by atoms with Crippen molar-refractivity contribution in [2.45, 2.75) is 103 Å². The van der Waals surface area contributed by atoms with Gasteiger partial charge in [-0.3, -0.25) is 4.79 Å². The maximum atomic E-state index is 13.1. The molecule has 0 aliphatic rings. The van der Waals surface area contributed by atoms with Gasteiger partial charge in [0.05, 0.1) is 18.2 Å². The van der Waals surface area contributed by atoms with Crippen LogP contribution in [-0.4, -0.2) is 28.5 Å². The Hall–Kier alpha value is -3.55. The number of unbranched alkanes of at least 4 members (excludes halogenated alkanes) is 9. The highest BCUT2D eigenvalue weighted by Gasteiger charge is 2.32. The van der Waals surface area contributed by atoms with Crippen molar-refractivity contribution >= 4 is 22.6 Å². The highest BCUT2D eigenvalue weighted by atomic mass is 19.4. The number of halogens is 3. The van der Waals surface area contributed by atoms with Crippen molar-refractivity contribution in [3.63, 3.8) is 0 Å². The molecule has 1 unspecified atom stereocenters. The summed E-state index contributed by atoms with van der Waals surface area (Å²) in [7, 11) is 0. The largest absolute Gasteiger partial charge is 0.493 e. The second kappa shape index (κ2) is 16.9. The zero-order valence-corrected chi connectivity index (χ0v) is 25.3. The molecule has 5 nitrogen and oxygen atoms in total. The number of nitrogens with zero attached hydrogens (tertiary/aromatic N) is 1. The Morgan fingerprint density at radius 1 is 0.791 bits per heavy atom. The van der Waals surface area contributed by atoms with Gasteiger partial charge in [0.1, 0.15) is 5.75 Å². The van der Waals surface area contributed by atoms with Crippen molar-refractivity contribution in [3.05, 3.63) is 77.4 Å². The molecular weight excluding hydrogens is 555 g/mol. The minimum atomic E-state index is -4.49. The Morgan fingerprint density at radius 3 is 1.93 bits per heavy atom. The van der Waals surface area contributed by atoms with Crippen LogP contribution in [0.2, 0.25) is 0 Å². The lowest BCUT2D eigenvalue weighted by Crippen LogP contribution is -2.38. The van der Waals surface area contributed by atoms with E-state index in [0.29, 0.717) is 18.6 Å². The van der Waals surface area contributed by atoms with Crippen LogP contribution in [0.1, 0.15) is 107 Å². The van der Waals surface area contributed by atoms with Crippen molar-refractivity contribution in [3.8, 4) is 5.75 Å². The molecule has 0 fully saturated rings. The third-order valence-electron chi connectivity index (χ3n) is 7.90. The zero-order chi connectivity index (χ0) is 31.2. The number of hydrogen-bond donors (Lipinski definition) is 1. The van der Waals surface area contributed by atoms with E-state index in [0.717, 1.165) is 47.1 Å². The number of amides is 1. The number of benzene rings is 3. The lowest BCUT2D eigenvalue weighted by Gasteiger charge is -2.31. The van der Waals surface area contributed by atoms with Crippen LogP contribution in [0, 0.1) is 0 Å². The minimum Gasteiger partial charge on any atom is -0.493 e. The number of alkyl halides is 3. The molecule has 0 saturated carbocycles. The molecule has 0 radical (unpaired) electrons. The molecule has 0 aliphatic carbocycles. The average molecular weight is 600 g/mol. The molecule has 234 valence electrons.